The van der Waals surface area contributed by atoms with E-state index in [0.29, 0.717) is 0 Å². The molecule has 1 aromatic carbocycles. The summed E-state index contributed by atoms with van der Waals surface area (Å²) < 4.78 is 6.28. The molecule has 0 amide bonds. The maximum atomic E-state index is 5.61. The van der Waals surface area contributed by atoms with Crippen LogP contribution in [0.3, 0.4) is 0 Å². The second-order valence-electron chi connectivity index (χ2n) is 3.78. The average molecular weight is 328 g/mol. The van der Waals surface area contributed by atoms with Crippen molar-refractivity contribution in [1.29, 1.82) is 0 Å². The molecule has 4 nitrogen and oxygen atoms in total. The van der Waals surface area contributed by atoms with Crippen LogP contribution in [0.15, 0.2) is 34.4 Å². The highest BCUT2D eigenvalue weighted by atomic mass is 79.9. The number of ether oxygens (including phenoxy) is 1. The number of methoxy groups -OCH3 is 1. The van der Waals surface area contributed by atoms with E-state index in [0.717, 1.165) is 27.1 Å². The zero-order chi connectivity index (χ0) is 13.0. The Balaban J connectivity index is 2.21. The van der Waals surface area contributed by atoms with Gasteiger partial charge in [0, 0.05) is 15.5 Å². The molecule has 0 bridgehead atoms. The first-order valence-electron chi connectivity index (χ1n) is 5.41. The van der Waals surface area contributed by atoms with Gasteiger partial charge >= 0.3 is 0 Å². The molecular weight excluding hydrogens is 314 g/mol. The van der Waals surface area contributed by atoms with Gasteiger partial charge in [0.15, 0.2) is 0 Å². The highest BCUT2D eigenvalue weighted by molar-refractivity contribution is 9.10. The van der Waals surface area contributed by atoms with Gasteiger partial charge in [-0.1, -0.05) is 15.9 Å². The fourth-order valence-electron chi connectivity index (χ4n) is 1.69. The summed E-state index contributed by atoms with van der Waals surface area (Å²) in [5.74, 6) is 6.46. The number of hydrogen-bond acceptors (Lipinski definition) is 5. The third-order valence-corrected chi connectivity index (χ3v) is 4.34. The van der Waals surface area contributed by atoms with Gasteiger partial charge in [-0.2, -0.15) is 0 Å². The number of benzene rings is 1. The number of hydrazine groups is 1. The standard InChI is InChI=1S/C12H14BrN3OS/c1-17-9-2-3-10(13)8(4-9)5-11(16-14)12-6-15-7-18-12/h2-4,6-7,11,16H,5,14H2,1H3. The summed E-state index contributed by atoms with van der Waals surface area (Å²) in [6.45, 7) is 0. The molecule has 0 spiro atoms. The molecule has 0 fully saturated rings. The van der Waals surface area contributed by atoms with Crippen molar-refractivity contribution in [3.8, 4) is 5.75 Å². The molecule has 0 radical (unpaired) electrons. The minimum absolute atomic E-state index is 0.0564. The lowest BCUT2D eigenvalue weighted by Crippen LogP contribution is -2.29. The first kappa shape index (κ1) is 13.5. The normalized spacial score (nSPS) is 12.4. The number of aromatic nitrogens is 1. The zero-order valence-corrected chi connectivity index (χ0v) is 12.3. The van der Waals surface area contributed by atoms with Gasteiger partial charge in [0.2, 0.25) is 0 Å². The van der Waals surface area contributed by atoms with Gasteiger partial charge in [-0.25, -0.2) is 0 Å². The molecule has 1 heterocycles. The average Bonchev–Trinajstić information content (AvgIpc) is 2.91. The third kappa shape index (κ3) is 3.08. The number of nitrogens with two attached hydrogens (primary N) is 1. The lowest BCUT2D eigenvalue weighted by atomic mass is 10.1. The molecule has 1 aromatic heterocycles. The van der Waals surface area contributed by atoms with Crippen LogP contribution in [0.25, 0.3) is 0 Å². The Morgan fingerprint density at radius 2 is 2.39 bits per heavy atom. The summed E-state index contributed by atoms with van der Waals surface area (Å²) in [6, 6.07) is 5.97. The molecule has 3 N–H and O–H groups in total. The SMILES string of the molecule is COc1ccc(Br)c(CC(NN)c2cncs2)c1. The van der Waals surface area contributed by atoms with Crippen LogP contribution < -0.4 is 16.0 Å². The maximum absolute atomic E-state index is 5.61. The Kier molecular flexibility index (Phi) is 4.71. The van der Waals surface area contributed by atoms with Gasteiger partial charge in [0.1, 0.15) is 5.75 Å². The van der Waals surface area contributed by atoms with E-state index in [-0.39, 0.29) is 6.04 Å². The largest absolute Gasteiger partial charge is 0.497 e. The molecule has 6 heteroatoms. The van der Waals surface area contributed by atoms with Crippen molar-refractivity contribution in [3.05, 3.63) is 44.8 Å². The van der Waals surface area contributed by atoms with Crippen molar-refractivity contribution in [2.75, 3.05) is 7.11 Å². The second-order valence-corrected chi connectivity index (χ2v) is 5.56. The Morgan fingerprint density at radius 1 is 1.56 bits per heavy atom. The fraction of sp³-hybridized carbons (Fsp3) is 0.250. The van der Waals surface area contributed by atoms with Crippen molar-refractivity contribution < 1.29 is 4.74 Å². The Morgan fingerprint density at radius 3 is 3.00 bits per heavy atom. The monoisotopic (exact) mass is 327 g/mol. The first-order chi connectivity index (χ1) is 8.74. The van der Waals surface area contributed by atoms with Crippen molar-refractivity contribution in [2.24, 2.45) is 5.84 Å². The predicted octanol–water partition coefficient (Wildman–Crippen LogP) is 2.66. The van der Waals surface area contributed by atoms with Crippen LogP contribution in [-0.2, 0) is 6.42 Å². The van der Waals surface area contributed by atoms with E-state index in [2.05, 4.69) is 26.3 Å². The van der Waals surface area contributed by atoms with E-state index in [1.54, 1.807) is 24.0 Å². The van der Waals surface area contributed by atoms with Crippen molar-refractivity contribution in [2.45, 2.75) is 12.5 Å². The highest BCUT2D eigenvalue weighted by Crippen LogP contribution is 2.28. The number of thiazole rings is 1. The van der Waals surface area contributed by atoms with Gasteiger partial charge in [0.25, 0.3) is 0 Å². The molecule has 0 saturated carbocycles. The number of hydrogen-bond donors (Lipinski definition) is 2. The number of nitrogens with one attached hydrogen (secondary N) is 1. The van der Waals surface area contributed by atoms with Crippen LogP contribution in [0.5, 0.6) is 5.75 Å². The van der Waals surface area contributed by atoms with Gasteiger partial charge in [-0.15, -0.1) is 11.3 Å². The summed E-state index contributed by atoms with van der Waals surface area (Å²) in [7, 11) is 1.66. The lowest BCUT2D eigenvalue weighted by molar-refractivity contribution is 0.413. The summed E-state index contributed by atoms with van der Waals surface area (Å²) in [5, 5.41) is 0. The number of halogens is 1. The van der Waals surface area contributed by atoms with Crippen molar-refractivity contribution in [1.82, 2.24) is 10.4 Å². The van der Waals surface area contributed by atoms with E-state index in [1.807, 2.05) is 24.4 Å². The quantitative estimate of drug-likeness (QED) is 0.654. The predicted molar refractivity (Wildman–Crippen MR) is 76.6 cm³/mol. The molecule has 96 valence electrons. The van der Waals surface area contributed by atoms with E-state index in [1.165, 1.54) is 0 Å². The fourth-order valence-corrected chi connectivity index (χ4v) is 2.78. The summed E-state index contributed by atoms with van der Waals surface area (Å²) in [6.07, 6.45) is 2.61. The second kappa shape index (κ2) is 6.29. The minimum Gasteiger partial charge on any atom is -0.497 e. The summed E-state index contributed by atoms with van der Waals surface area (Å²) in [4.78, 5) is 5.19. The molecule has 2 rings (SSSR count). The lowest BCUT2D eigenvalue weighted by Gasteiger charge is -2.15. The molecule has 1 unspecified atom stereocenters. The molecule has 0 saturated heterocycles. The summed E-state index contributed by atoms with van der Waals surface area (Å²) in [5.41, 5.74) is 5.78. The highest BCUT2D eigenvalue weighted by Gasteiger charge is 2.14. The minimum atomic E-state index is 0.0564. The number of nitrogens with zero attached hydrogens (tertiary/aromatic N) is 1. The summed E-state index contributed by atoms with van der Waals surface area (Å²) >= 11 is 5.13. The molecule has 1 atom stereocenters. The van der Waals surface area contributed by atoms with Gasteiger partial charge in [-0.3, -0.25) is 16.3 Å². The van der Waals surface area contributed by atoms with E-state index >= 15 is 0 Å². The number of rotatable bonds is 5. The van der Waals surface area contributed by atoms with Crippen LogP contribution in [0.4, 0.5) is 0 Å². The van der Waals surface area contributed by atoms with Gasteiger partial charge < -0.3 is 4.74 Å². The smallest absolute Gasteiger partial charge is 0.119 e. The van der Waals surface area contributed by atoms with E-state index in [4.69, 9.17) is 10.6 Å². The van der Waals surface area contributed by atoms with E-state index in [9.17, 15) is 0 Å². The van der Waals surface area contributed by atoms with Gasteiger partial charge in [-0.05, 0) is 30.2 Å². The van der Waals surface area contributed by atoms with Crippen LogP contribution >= 0.6 is 27.3 Å². The molecule has 0 aliphatic heterocycles. The topological polar surface area (TPSA) is 60.2 Å². The first-order valence-corrected chi connectivity index (χ1v) is 7.08. The van der Waals surface area contributed by atoms with Crippen LogP contribution in [0, 0.1) is 0 Å². The van der Waals surface area contributed by atoms with Crippen LogP contribution in [0.2, 0.25) is 0 Å². The Labute approximate surface area is 118 Å². The molecule has 0 aliphatic rings. The molecule has 18 heavy (non-hydrogen) atoms. The maximum Gasteiger partial charge on any atom is 0.119 e. The van der Waals surface area contributed by atoms with Crippen LogP contribution in [-0.4, -0.2) is 12.1 Å². The van der Waals surface area contributed by atoms with Crippen LogP contribution in [0.1, 0.15) is 16.5 Å². The molecule has 2 aromatic rings. The van der Waals surface area contributed by atoms with Gasteiger partial charge in [0.05, 0.1) is 18.7 Å². The zero-order valence-electron chi connectivity index (χ0n) is 9.89. The Bertz CT molecular complexity index is 504. The van der Waals surface area contributed by atoms with Crippen molar-refractivity contribution in [3.63, 3.8) is 0 Å². The Hall–Kier alpha value is -0.950. The molecular formula is C12H14BrN3OS. The molecule has 0 aliphatic carbocycles. The van der Waals surface area contributed by atoms with E-state index < -0.39 is 0 Å². The third-order valence-electron chi connectivity index (χ3n) is 2.67. The van der Waals surface area contributed by atoms with Crippen molar-refractivity contribution >= 4 is 27.3 Å².